The predicted molar refractivity (Wildman–Crippen MR) is 55.4 cm³/mol. The zero-order valence-electron chi connectivity index (χ0n) is 8.69. The van der Waals surface area contributed by atoms with Crippen LogP contribution in [0.4, 0.5) is 0 Å². The van der Waals surface area contributed by atoms with Crippen LogP contribution in [0.25, 0.3) is 0 Å². The first-order chi connectivity index (χ1) is 7.09. The lowest BCUT2D eigenvalue weighted by atomic mass is 10.3. The zero-order valence-corrected chi connectivity index (χ0v) is 8.69. The van der Waals surface area contributed by atoms with E-state index >= 15 is 0 Å². The van der Waals surface area contributed by atoms with Gasteiger partial charge in [0, 0.05) is 6.92 Å². The molecule has 0 aliphatic carbocycles. The monoisotopic (exact) mass is 207 g/mol. The topological polar surface area (TPSA) is 55.4 Å². The Morgan fingerprint density at radius 1 is 1.27 bits per heavy atom. The van der Waals surface area contributed by atoms with Gasteiger partial charge in [0.1, 0.15) is 11.8 Å². The second-order valence-corrected chi connectivity index (χ2v) is 3.16. The molecule has 0 spiro atoms. The van der Waals surface area contributed by atoms with E-state index in [1.54, 1.807) is 31.2 Å². The van der Waals surface area contributed by atoms with Gasteiger partial charge in [0.2, 0.25) is 5.91 Å². The van der Waals surface area contributed by atoms with Crippen molar-refractivity contribution in [3.63, 3.8) is 0 Å². The highest BCUT2D eigenvalue weighted by Gasteiger charge is 2.15. The van der Waals surface area contributed by atoms with Crippen molar-refractivity contribution in [2.75, 3.05) is 0 Å². The van der Waals surface area contributed by atoms with E-state index in [9.17, 15) is 9.59 Å². The molecule has 0 bridgehead atoms. The summed E-state index contributed by atoms with van der Waals surface area (Å²) >= 11 is 0. The van der Waals surface area contributed by atoms with Crippen molar-refractivity contribution in [3.8, 4) is 5.75 Å². The normalized spacial score (nSPS) is 11.6. The van der Waals surface area contributed by atoms with Gasteiger partial charge in [-0.05, 0) is 19.1 Å². The molecular formula is C11H13NO3. The summed E-state index contributed by atoms with van der Waals surface area (Å²) in [5.41, 5.74) is 0. The van der Waals surface area contributed by atoms with Gasteiger partial charge < -0.3 is 10.1 Å². The second kappa shape index (κ2) is 5.14. The molecule has 15 heavy (non-hydrogen) atoms. The summed E-state index contributed by atoms with van der Waals surface area (Å²) in [6.45, 7) is 2.93. The summed E-state index contributed by atoms with van der Waals surface area (Å²) in [6, 6.07) is 8.09. The third-order valence-electron chi connectivity index (χ3n) is 1.73. The average molecular weight is 207 g/mol. The molecule has 0 aliphatic rings. The lowest BCUT2D eigenvalue weighted by Crippen LogP contribution is -2.39. The van der Waals surface area contributed by atoms with E-state index in [0.717, 1.165) is 0 Å². The molecule has 0 heterocycles. The number of amides is 1. The minimum Gasteiger partial charge on any atom is -0.425 e. The first-order valence-corrected chi connectivity index (χ1v) is 4.63. The molecule has 4 heteroatoms. The number of ether oxygens (including phenoxy) is 1. The lowest BCUT2D eigenvalue weighted by Gasteiger charge is -2.11. The van der Waals surface area contributed by atoms with E-state index in [2.05, 4.69) is 5.32 Å². The van der Waals surface area contributed by atoms with E-state index in [-0.39, 0.29) is 5.91 Å². The molecule has 0 saturated carbocycles. The lowest BCUT2D eigenvalue weighted by molar-refractivity contribution is -0.138. The van der Waals surface area contributed by atoms with Crippen LogP contribution in [-0.2, 0) is 9.59 Å². The Labute approximate surface area is 88.2 Å². The molecule has 0 fully saturated rings. The molecule has 0 radical (unpaired) electrons. The third kappa shape index (κ3) is 3.81. The summed E-state index contributed by atoms with van der Waals surface area (Å²) in [6.07, 6.45) is 0. The number of hydrogen-bond acceptors (Lipinski definition) is 3. The number of nitrogens with one attached hydrogen (secondary N) is 1. The summed E-state index contributed by atoms with van der Waals surface area (Å²) in [4.78, 5) is 22.1. The van der Waals surface area contributed by atoms with Crippen LogP contribution in [0.5, 0.6) is 5.75 Å². The average Bonchev–Trinajstić information content (AvgIpc) is 2.18. The van der Waals surface area contributed by atoms with Crippen molar-refractivity contribution < 1.29 is 14.3 Å². The van der Waals surface area contributed by atoms with Crippen molar-refractivity contribution in [2.45, 2.75) is 19.9 Å². The fraction of sp³-hybridized carbons (Fsp3) is 0.273. The van der Waals surface area contributed by atoms with Crippen molar-refractivity contribution >= 4 is 11.9 Å². The van der Waals surface area contributed by atoms with Gasteiger partial charge in [-0.2, -0.15) is 0 Å². The summed E-state index contributed by atoms with van der Waals surface area (Å²) in [7, 11) is 0. The highest BCUT2D eigenvalue weighted by Crippen LogP contribution is 2.09. The van der Waals surface area contributed by atoms with Gasteiger partial charge in [-0.1, -0.05) is 18.2 Å². The van der Waals surface area contributed by atoms with E-state index in [1.165, 1.54) is 6.92 Å². The Balaban J connectivity index is 2.52. The quantitative estimate of drug-likeness (QED) is 0.596. The van der Waals surface area contributed by atoms with Crippen molar-refractivity contribution in [1.29, 1.82) is 0 Å². The summed E-state index contributed by atoms with van der Waals surface area (Å²) in [5.74, 6) is -0.261. The first-order valence-electron chi connectivity index (χ1n) is 4.63. The summed E-state index contributed by atoms with van der Waals surface area (Å²) in [5, 5.41) is 2.45. The maximum Gasteiger partial charge on any atom is 0.333 e. The van der Waals surface area contributed by atoms with Crippen molar-refractivity contribution in [2.24, 2.45) is 0 Å². The van der Waals surface area contributed by atoms with Gasteiger partial charge in [0.15, 0.2) is 0 Å². The second-order valence-electron chi connectivity index (χ2n) is 3.16. The molecule has 1 N–H and O–H groups in total. The Kier molecular flexibility index (Phi) is 3.85. The fourth-order valence-corrected chi connectivity index (χ4v) is 1.06. The molecule has 1 atom stereocenters. The van der Waals surface area contributed by atoms with Gasteiger partial charge in [-0.25, -0.2) is 4.79 Å². The highest BCUT2D eigenvalue weighted by molar-refractivity contribution is 5.84. The number of carbonyl (C=O) groups excluding carboxylic acids is 2. The van der Waals surface area contributed by atoms with Crippen LogP contribution in [0.1, 0.15) is 13.8 Å². The number of benzene rings is 1. The summed E-state index contributed by atoms with van der Waals surface area (Å²) < 4.78 is 5.02. The molecule has 1 rings (SSSR count). The minimum absolute atomic E-state index is 0.257. The third-order valence-corrected chi connectivity index (χ3v) is 1.73. The number of para-hydroxylation sites is 1. The van der Waals surface area contributed by atoms with Crippen LogP contribution in [-0.4, -0.2) is 17.9 Å². The molecule has 1 aromatic rings. The van der Waals surface area contributed by atoms with Gasteiger partial charge in [0.25, 0.3) is 0 Å². The number of rotatable bonds is 3. The van der Waals surface area contributed by atoms with Crippen LogP contribution < -0.4 is 10.1 Å². The van der Waals surface area contributed by atoms with E-state index in [0.29, 0.717) is 5.75 Å². The Bertz CT molecular complexity index is 348. The standard InChI is InChI=1S/C11H13NO3/c1-8(12-9(2)13)11(14)15-10-6-4-3-5-7-10/h3-8H,1-2H3,(H,12,13). The molecule has 1 aromatic carbocycles. The Hall–Kier alpha value is -1.84. The van der Waals surface area contributed by atoms with E-state index in [1.807, 2.05) is 6.07 Å². The van der Waals surface area contributed by atoms with Crippen LogP contribution in [0.15, 0.2) is 30.3 Å². The van der Waals surface area contributed by atoms with Gasteiger partial charge in [0.05, 0.1) is 0 Å². The molecule has 0 aromatic heterocycles. The zero-order chi connectivity index (χ0) is 11.3. The largest absolute Gasteiger partial charge is 0.425 e. The first kappa shape index (κ1) is 11.2. The maximum atomic E-state index is 11.4. The highest BCUT2D eigenvalue weighted by atomic mass is 16.5. The molecule has 80 valence electrons. The molecule has 0 saturated heterocycles. The van der Waals surface area contributed by atoms with Crippen molar-refractivity contribution in [3.05, 3.63) is 30.3 Å². The molecule has 1 unspecified atom stereocenters. The molecule has 1 amide bonds. The van der Waals surface area contributed by atoms with Crippen LogP contribution >= 0.6 is 0 Å². The predicted octanol–water partition coefficient (Wildman–Crippen LogP) is 1.12. The van der Waals surface area contributed by atoms with Crippen molar-refractivity contribution in [1.82, 2.24) is 5.32 Å². The molecule has 4 nitrogen and oxygen atoms in total. The Morgan fingerprint density at radius 3 is 2.40 bits per heavy atom. The smallest absolute Gasteiger partial charge is 0.333 e. The number of hydrogen-bond donors (Lipinski definition) is 1. The van der Waals surface area contributed by atoms with Gasteiger partial charge >= 0.3 is 5.97 Å². The SMILES string of the molecule is CC(=O)NC(C)C(=O)Oc1ccccc1. The van der Waals surface area contributed by atoms with E-state index < -0.39 is 12.0 Å². The van der Waals surface area contributed by atoms with Crippen LogP contribution in [0.2, 0.25) is 0 Å². The number of esters is 1. The van der Waals surface area contributed by atoms with Crippen LogP contribution in [0, 0.1) is 0 Å². The van der Waals surface area contributed by atoms with Crippen LogP contribution in [0.3, 0.4) is 0 Å². The minimum atomic E-state index is -0.636. The van der Waals surface area contributed by atoms with Gasteiger partial charge in [-0.3, -0.25) is 4.79 Å². The Morgan fingerprint density at radius 2 is 1.87 bits per heavy atom. The molecular weight excluding hydrogens is 194 g/mol. The number of carbonyl (C=O) groups is 2. The molecule has 0 aliphatic heterocycles. The maximum absolute atomic E-state index is 11.4. The van der Waals surface area contributed by atoms with E-state index in [4.69, 9.17) is 4.74 Å². The van der Waals surface area contributed by atoms with Gasteiger partial charge in [-0.15, -0.1) is 0 Å². The fourth-order valence-electron chi connectivity index (χ4n) is 1.06.